The third-order valence-corrected chi connectivity index (χ3v) is 5.09. The van der Waals surface area contributed by atoms with Crippen molar-refractivity contribution in [2.45, 2.75) is 38.0 Å². The van der Waals surface area contributed by atoms with Crippen LogP contribution in [0.25, 0.3) is 0 Å². The van der Waals surface area contributed by atoms with Gasteiger partial charge in [-0.3, -0.25) is 4.21 Å². The minimum atomic E-state index is -0.797. The van der Waals surface area contributed by atoms with Crippen LogP contribution < -0.4 is 5.32 Å². The maximum atomic E-state index is 12.2. The number of hydrogen-bond acceptors (Lipinski definition) is 2. The van der Waals surface area contributed by atoms with E-state index in [4.69, 9.17) is 11.6 Å². The van der Waals surface area contributed by atoms with E-state index in [0.29, 0.717) is 11.8 Å². The normalized spacial score (nSPS) is 18.2. The number of halogens is 1. The van der Waals surface area contributed by atoms with Gasteiger partial charge in [-0.1, -0.05) is 30.7 Å². The predicted octanol–water partition coefficient (Wildman–Crippen LogP) is 3.37. The monoisotopic (exact) mass is 299 g/mol. The van der Waals surface area contributed by atoms with Crippen LogP contribution >= 0.6 is 11.6 Å². The summed E-state index contributed by atoms with van der Waals surface area (Å²) in [6.45, 7) is 3.20. The molecule has 2 atom stereocenters. The van der Waals surface area contributed by atoms with Crippen molar-refractivity contribution in [1.82, 2.24) is 5.32 Å². The lowest BCUT2D eigenvalue weighted by molar-refractivity contribution is 0.498. The lowest BCUT2D eigenvalue weighted by Crippen LogP contribution is -2.36. The Balaban J connectivity index is 1.83. The number of rotatable bonds is 8. The van der Waals surface area contributed by atoms with Gasteiger partial charge in [0.15, 0.2) is 0 Å². The molecule has 106 valence electrons. The molecule has 0 saturated heterocycles. The standard InChI is InChI=1S/C15H22ClNOS/c1-2-9-17-15(13-5-6-13)11-19(18)10-12-3-7-14(16)8-4-12/h3-4,7-8,13,15,17H,2,5-6,9-11H2,1H3. The quantitative estimate of drug-likeness (QED) is 0.797. The van der Waals surface area contributed by atoms with Crippen molar-refractivity contribution in [3.05, 3.63) is 34.9 Å². The van der Waals surface area contributed by atoms with Crippen LogP contribution in [-0.4, -0.2) is 22.5 Å². The van der Waals surface area contributed by atoms with E-state index < -0.39 is 10.8 Å². The van der Waals surface area contributed by atoms with Crippen molar-refractivity contribution in [3.8, 4) is 0 Å². The molecule has 1 aliphatic carbocycles. The van der Waals surface area contributed by atoms with Crippen molar-refractivity contribution >= 4 is 22.4 Å². The van der Waals surface area contributed by atoms with Gasteiger partial charge in [0, 0.05) is 33.4 Å². The molecule has 1 aromatic rings. The molecule has 0 aliphatic heterocycles. The van der Waals surface area contributed by atoms with Crippen LogP contribution in [0.5, 0.6) is 0 Å². The molecule has 4 heteroatoms. The Morgan fingerprint density at radius 3 is 2.63 bits per heavy atom. The molecule has 1 aromatic carbocycles. The zero-order valence-electron chi connectivity index (χ0n) is 11.4. The summed E-state index contributed by atoms with van der Waals surface area (Å²) >= 11 is 5.85. The van der Waals surface area contributed by atoms with Gasteiger partial charge < -0.3 is 5.32 Å². The molecular weight excluding hydrogens is 278 g/mol. The zero-order valence-corrected chi connectivity index (χ0v) is 13.0. The third kappa shape index (κ3) is 5.25. The van der Waals surface area contributed by atoms with E-state index >= 15 is 0 Å². The van der Waals surface area contributed by atoms with E-state index in [2.05, 4.69) is 12.2 Å². The highest BCUT2D eigenvalue weighted by molar-refractivity contribution is 7.84. The Morgan fingerprint density at radius 1 is 1.37 bits per heavy atom. The fourth-order valence-electron chi connectivity index (χ4n) is 2.22. The second-order valence-electron chi connectivity index (χ2n) is 5.28. The van der Waals surface area contributed by atoms with Crippen molar-refractivity contribution in [3.63, 3.8) is 0 Å². The molecule has 1 N–H and O–H groups in total. The van der Waals surface area contributed by atoms with Gasteiger partial charge in [0.25, 0.3) is 0 Å². The molecular formula is C15H22ClNOS. The topological polar surface area (TPSA) is 29.1 Å². The van der Waals surface area contributed by atoms with Crippen molar-refractivity contribution < 1.29 is 4.21 Å². The second kappa shape index (κ2) is 7.41. The van der Waals surface area contributed by atoms with E-state index in [-0.39, 0.29) is 0 Å². The van der Waals surface area contributed by atoms with Gasteiger partial charge in [0.2, 0.25) is 0 Å². The fraction of sp³-hybridized carbons (Fsp3) is 0.600. The first kappa shape index (κ1) is 15.0. The van der Waals surface area contributed by atoms with Gasteiger partial charge in [0.05, 0.1) is 0 Å². The smallest absolute Gasteiger partial charge is 0.0486 e. The summed E-state index contributed by atoms with van der Waals surface area (Å²) in [6.07, 6.45) is 3.71. The Kier molecular flexibility index (Phi) is 5.86. The summed E-state index contributed by atoms with van der Waals surface area (Å²) in [4.78, 5) is 0. The molecule has 19 heavy (non-hydrogen) atoms. The molecule has 1 aliphatic rings. The maximum Gasteiger partial charge on any atom is 0.0486 e. The number of hydrogen-bond donors (Lipinski definition) is 1. The summed E-state index contributed by atoms with van der Waals surface area (Å²) in [6, 6.07) is 8.09. The summed E-state index contributed by atoms with van der Waals surface area (Å²) < 4.78 is 12.2. The van der Waals surface area contributed by atoms with Gasteiger partial charge in [-0.25, -0.2) is 0 Å². The molecule has 0 radical (unpaired) electrons. The summed E-state index contributed by atoms with van der Waals surface area (Å²) in [5.74, 6) is 2.15. The molecule has 2 rings (SSSR count). The second-order valence-corrected chi connectivity index (χ2v) is 7.21. The Morgan fingerprint density at radius 2 is 2.05 bits per heavy atom. The van der Waals surface area contributed by atoms with E-state index in [9.17, 15) is 4.21 Å². The van der Waals surface area contributed by atoms with Gasteiger partial charge in [0.1, 0.15) is 0 Å². The minimum absolute atomic E-state index is 0.438. The molecule has 0 aromatic heterocycles. The maximum absolute atomic E-state index is 12.2. The highest BCUT2D eigenvalue weighted by Gasteiger charge is 2.31. The largest absolute Gasteiger partial charge is 0.313 e. The molecule has 1 fully saturated rings. The molecule has 2 unspecified atom stereocenters. The molecule has 0 spiro atoms. The molecule has 0 heterocycles. The summed E-state index contributed by atoms with van der Waals surface area (Å²) in [5, 5.41) is 4.27. The van der Waals surface area contributed by atoms with Crippen LogP contribution in [0.2, 0.25) is 5.02 Å². The van der Waals surface area contributed by atoms with Crippen LogP contribution in [-0.2, 0) is 16.6 Å². The van der Waals surface area contributed by atoms with E-state index in [1.807, 2.05) is 24.3 Å². The number of nitrogens with one attached hydrogen (secondary N) is 1. The van der Waals surface area contributed by atoms with Gasteiger partial charge >= 0.3 is 0 Å². The van der Waals surface area contributed by atoms with Gasteiger partial charge in [-0.05, 0) is 49.4 Å². The van der Waals surface area contributed by atoms with Gasteiger partial charge in [-0.15, -0.1) is 0 Å². The third-order valence-electron chi connectivity index (χ3n) is 3.45. The highest BCUT2D eigenvalue weighted by atomic mass is 35.5. The average molecular weight is 300 g/mol. The van der Waals surface area contributed by atoms with Crippen LogP contribution in [0, 0.1) is 5.92 Å². The predicted molar refractivity (Wildman–Crippen MR) is 83.0 cm³/mol. The zero-order chi connectivity index (χ0) is 13.7. The number of benzene rings is 1. The van der Waals surface area contributed by atoms with Crippen molar-refractivity contribution in [2.24, 2.45) is 5.92 Å². The molecule has 0 amide bonds. The van der Waals surface area contributed by atoms with Crippen molar-refractivity contribution in [1.29, 1.82) is 0 Å². The van der Waals surface area contributed by atoms with E-state index in [1.54, 1.807) is 0 Å². The highest BCUT2D eigenvalue weighted by Crippen LogP contribution is 2.33. The lowest BCUT2D eigenvalue weighted by Gasteiger charge is -2.17. The lowest BCUT2D eigenvalue weighted by atomic mass is 10.2. The summed E-state index contributed by atoms with van der Waals surface area (Å²) in [7, 11) is -0.797. The van der Waals surface area contributed by atoms with E-state index in [1.165, 1.54) is 12.8 Å². The van der Waals surface area contributed by atoms with Crippen LogP contribution in [0.15, 0.2) is 24.3 Å². The van der Waals surface area contributed by atoms with Gasteiger partial charge in [-0.2, -0.15) is 0 Å². The van der Waals surface area contributed by atoms with Crippen molar-refractivity contribution in [2.75, 3.05) is 12.3 Å². The molecule has 2 nitrogen and oxygen atoms in total. The Bertz CT molecular complexity index is 417. The van der Waals surface area contributed by atoms with Crippen LogP contribution in [0.3, 0.4) is 0 Å². The fourth-order valence-corrected chi connectivity index (χ4v) is 3.81. The van der Waals surface area contributed by atoms with Crippen LogP contribution in [0.1, 0.15) is 31.7 Å². The van der Waals surface area contributed by atoms with E-state index in [0.717, 1.165) is 35.2 Å². The van der Waals surface area contributed by atoms with Crippen LogP contribution in [0.4, 0.5) is 0 Å². The first-order chi connectivity index (χ1) is 9.19. The first-order valence-electron chi connectivity index (χ1n) is 7.02. The molecule has 0 bridgehead atoms. The minimum Gasteiger partial charge on any atom is -0.313 e. The molecule has 1 saturated carbocycles. The Hall–Kier alpha value is -0.380. The SMILES string of the molecule is CCCNC(CS(=O)Cc1ccc(Cl)cc1)C1CC1. The first-order valence-corrected chi connectivity index (χ1v) is 8.88. The summed E-state index contributed by atoms with van der Waals surface area (Å²) in [5.41, 5.74) is 1.10. The average Bonchev–Trinajstić information content (AvgIpc) is 3.21. The Labute approximate surface area is 123 Å².